The molecule has 9 nitrogen and oxygen atoms in total. The van der Waals surface area contributed by atoms with Gasteiger partial charge in [-0.05, 0) is 32.5 Å². The van der Waals surface area contributed by atoms with Gasteiger partial charge in [0, 0.05) is 25.5 Å². The zero-order chi connectivity index (χ0) is 25.0. The van der Waals surface area contributed by atoms with Crippen molar-refractivity contribution < 1.29 is 33.9 Å². The molecule has 1 amide bonds. The van der Waals surface area contributed by atoms with Crippen molar-refractivity contribution in [3.63, 3.8) is 0 Å². The van der Waals surface area contributed by atoms with E-state index in [1.54, 1.807) is 20.9 Å². The molecule has 182 valence electrons. The maximum absolute atomic E-state index is 13.9. The van der Waals surface area contributed by atoms with Gasteiger partial charge in [0.05, 0.1) is 12.3 Å². The van der Waals surface area contributed by atoms with Crippen LogP contribution in [-0.2, 0) is 16.0 Å². The summed E-state index contributed by atoms with van der Waals surface area (Å²) in [6.45, 7) is 3.64. The van der Waals surface area contributed by atoms with E-state index in [2.05, 4.69) is 15.5 Å². The van der Waals surface area contributed by atoms with Gasteiger partial charge in [-0.3, -0.25) is 14.9 Å². The maximum atomic E-state index is 13.9. The van der Waals surface area contributed by atoms with E-state index in [-0.39, 0.29) is 41.2 Å². The van der Waals surface area contributed by atoms with Crippen LogP contribution >= 0.6 is 11.3 Å². The van der Waals surface area contributed by atoms with Crippen LogP contribution in [0.25, 0.3) is 5.57 Å². The first-order valence-corrected chi connectivity index (χ1v) is 11.4. The molecule has 34 heavy (non-hydrogen) atoms. The molecule has 0 saturated heterocycles. The van der Waals surface area contributed by atoms with Gasteiger partial charge in [-0.15, -0.1) is 10.2 Å². The summed E-state index contributed by atoms with van der Waals surface area (Å²) in [4.78, 5) is 27.3. The van der Waals surface area contributed by atoms with Crippen molar-refractivity contribution in [2.45, 2.75) is 39.0 Å². The number of nitrogens with one attached hydrogen (secondary N) is 1. The third kappa shape index (κ3) is 5.53. The van der Waals surface area contributed by atoms with E-state index >= 15 is 0 Å². The van der Waals surface area contributed by atoms with E-state index in [0.717, 1.165) is 23.5 Å². The highest BCUT2D eigenvalue weighted by molar-refractivity contribution is 7.12. The second-order valence-electron chi connectivity index (χ2n) is 7.73. The van der Waals surface area contributed by atoms with Crippen LogP contribution in [0.1, 0.15) is 35.8 Å². The second kappa shape index (κ2) is 10.9. The van der Waals surface area contributed by atoms with Crippen LogP contribution in [0, 0.1) is 11.6 Å². The molecule has 1 aromatic carbocycles. The number of ketones is 1. The summed E-state index contributed by atoms with van der Waals surface area (Å²) >= 11 is 1.03. The van der Waals surface area contributed by atoms with Gasteiger partial charge in [-0.2, -0.15) is 0 Å². The van der Waals surface area contributed by atoms with Gasteiger partial charge in [0.25, 0.3) is 0 Å². The van der Waals surface area contributed by atoms with E-state index in [1.165, 1.54) is 22.5 Å². The van der Waals surface area contributed by atoms with Crippen molar-refractivity contribution in [3.8, 4) is 0 Å². The number of aromatic nitrogens is 2. The standard InChI is InChI=1S/C22H25F2N5O4S/c1-4-29(16(25-3)7-11(2)30)22(33)18-20(32)19(31)14(10-26-18)21-28-27-17(34-21)8-12-5-6-13(23)9-15(12)24/h5-6,9-11,16,25,30,32H,4,7-8H2,1-3H3,(H,26,31)/p+1. The predicted octanol–water partition coefficient (Wildman–Crippen LogP) is 0.829. The van der Waals surface area contributed by atoms with Gasteiger partial charge in [0.2, 0.25) is 17.2 Å². The SMILES string of the molecule is CCN(C(=O)C1=C(O)C(=O)C(c2nnc(Cc3ccc(F)cc3F)s2)=C[NH2+]1)C(CC(C)O)NC. The van der Waals surface area contributed by atoms with E-state index in [0.29, 0.717) is 5.01 Å². The highest BCUT2D eigenvalue weighted by Gasteiger charge is 2.37. The number of carbonyl (C=O) groups excluding carboxylic acids is 2. The number of amides is 1. The van der Waals surface area contributed by atoms with Crippen LogP contribution in [0.15, 0.2) is 35.9 Å². The lowest BCUT2D eigenvalue weighted by Crippen LogP contribution is -2.81. The van der Waals surface area contributed by atoms with Gasteiger partial charge in [0.15, 0.2) is 5.01 Å². The van der Waals surface area contributed by atoms with Crippen LogP contribution in [0.5, 0.6) is 0 Å². The fraction of sp³-hybridized carbons (Fsp3) is 0.364. The van der Waals surface area contributed by atoms with Crippen LogP contribution in [0.4, 0.5) is 8.78 Å². The Hall–Kier alpha value is -3.06. The summed E-state index contributed by atoms with van der Waals surface area (Å²) in [5.74, 6) is -3.46. The van der Waals surface area contributed by atoms with Crippen LogP contribution in [0.3, 0.4) is 0 Å². The predicted molar refractivity (Wildman–Crippen MR) is 120 cm³/mol. The Bertz CT molecular complexity index is 1150. The van der Waals surface area contributed by atoms with E-state index in [9.17, 15) is 28.6 Å². The molecule has 0 radical (unpaired) electrons. The maximum Gasteiger partial charge on any atom is 0.313 e. The molecule has 2 aromatic rings. The first kappa shape index (κ1) is 25.6. The normalized spacial score (nSPS) is 15.8. The minimum absolute atomic E-state index is 0.0505. The van der Waals surface area contributed by atoms with Crippen molar-refractivity contribution in [1.82, 2.24) is 20.4 Å². The molecule has 2 unspecified atom stereocenters. The average Bonchev–Trinajstić information content (AvgIpc) is 3.25. The van der Waals surface area contributed by atoms with E-state index in [4.69, 9.17) is 0 Å². The van der Waals surface area contributed by atoms with Crippen molar-refractivity contribution in [3.05, 3.63) is 63.1 Å². The average molecular weight is 495 g/mol. The number of likely N-dealkylation sites (N-methyl/N-ethyl adjacent to an activating group) is 1. The number of halogens is 2. The largest absolute Gasteiger partial charge is 0.500 e. The van der Waals surface area contributed by atoms with Crippen LogP contribution < -0.4 is 10.6 Å². The topological polar surface area (TPSA) is 132 Å². The molecule has 2 heterocycles. The molecule has 0 aliphatic carbocycles. The summed E-state index contributed by atoms with van der Waals surface area (Å²) in [5, 5.41) is 33.1. The lowest BCUT2D eigenvalue weighted by atomic mass is 10.1. The third-order valence-electron chi connectivity index (χ3n) is 5.29. The number of aliphatic hydroxyl groups is 2. The molecular weight excluding hydrogens is 468 g/mol. The summed E-state index contributed by atoms with van der Waals surface area (Å²) in [6.07, 6.45) is 0.543. The molecule has 0 bridgehead atoms. The number of carbonyl (C=O) groups is 2. The Balaban J connectivity index is 1.78. The molecule has 1 aromatic heterocycles. The number of allylic oxidation sites excluding steroid dienone is 1. The molecule has 12 heteroatoms. The molecule has 2 atom stereocenters. The molecule has 0 fully saturated rings. The fourth-order valence-corrected chi connectivity index (χ4v) is 4.44. The van der Waals surface area contributed by atoms with E-state index in [1.807, 2.05) is 0 Å². The lowest BCUT2D eigenvalue weighted by Gasteiger charge is -2.31. The number of hydrogen-bond acceptors (Lipinski definition) is 8. The van der Waals surface area contributed by atoms with Crippen molar-refractivity contribution in [2.75, 3.05) is 13.6 Å². The molecule has 1 aliphatic rings. The zero-order valence-electron chi connectivity index (χ0n) is 18.9. The number of aliphatic hydroxyl groups excluding tert-OH is 2. The zero-order valence-corrected chi connectivity index (χ0v) is 19.7. The summed E-state index contributed by atoms with van der Waals surface area (Å²) < 4.78 is 27.0. The smallest absolute Gasteiger partial charge is 0.313 e. The number of nitrogens with two attached hydrogens (primary N) is 1. The number of benzene rings is 1. The summed E-state index contributed by atoms with van der Waals surface area (Å²) in [5.41, 5.74) is 0.111. The number of nitrogens with zero attached hydrogens (tertiary/aromatic N) is 3. The van der Waals surface area contributed by atoms with Crippen molar-refractivity contribution in [2.24, 2.45) is 0 Å². The Morgan fingerprint density at radius 2 is 2.06 bits per heavy atom. The van der Waals surface area contributed by atoms with Gasteiger partial charge < -0.3 is 20.4 Å². The molecule has 0 spiro atoms. The van der Waals surface area contributed by atoms with Gasteiger partial charge >= 0.3 is 5.91 Å². The van der Waals surface area contributed by atoms with Crippen LogP contribution in [0.2, 0.25) is 0 Å². The van der Waals surface area contributed by atoms with Crippen LogP contribution in [-0.4, -0.2) is 62.9 Å². The fourth-order valence-electron chi connectivity index (χ4n) is 3.56. The molecule has 5 N–H and O–H groups in total. The number of rotatable bonds is 9. The number of Topliss-reactive ketones (excluding diaryl/α,β-unsaturated/α-hetero) is 1. The second-order valence-corrected chi connectivity index (χ2v) is 8.79. The van der Waals surface area contributed by atoms with Gasteiger partial charge in [-0.25, -0.2) is 8.78 Å². The first-order valence-electron chi connectivity index (χ1n) is 10.6. The van der Waals surface area contributed by atoms with E-state index < -0.39 is 41.4 Å². The number of quaternary nitrogens is 1. The Kier molecular flexibility index (Phi) is 8.20. The highest BCUT2D eigenvalue weighted by atomic mass is 32.1. The van der Waals surface area contributed by atoms with Crippen molar-refractivity contribution >= 4 is 28.6 Å². The quantitative estimate of drug-likeness (QED) is 0.380. The lowest BCUT2D eigenvalue weighted by molar-refractivity contribution is -0.531. The first-order chi connectivity index (χ1) is 16.2. The highest BCUT2D eigenvalue weighted by Crippen LogP contribution is 2.26. The third-order valence-corrected chi connectivity index (χ3v) is 6.25. The summed E-state index contributed by atoms with van der Waals surface area (Å²) in [7, 11) is 1.65. The Morgan fingerprint density at radius 1 is 1.32 bits per heavy atom. The summed E-state index contributed by atoms with van der Waals surface area (Å²) in [6, 6.07) is 3.23. The minimum Gasteiger partial charge on any atom is -0.500 e. The Morgan fingerprint density at radius 3 is 2.68 bits per heavy atom. The van der Waals surface area contributed by atoms with Gasteiger partial charge in [0.1, 0.15) is 28.4 Å². The minimum atomic E-state index is -0.783. The van der Waals surface area contributed by atoms with Crippen molar-refractivity contribution in [1.29, 1.82) is 0 Å². The van der Waals surface area contributed by atoms with Gasteiger partial charge in [-0.1, -0.05) is 17.4 Å². The molecule has 1 aliphatic heterocycles. The Labute approximate surface area is 198 Å². The molecular formula is C22H26F2N5O4S+. The molecule has 0 saturated carbocycles. The number of hydrogen-bond donors (Lipinski definition) is 4. The monoisotopic (exact) mass is 494 g/mol. The molecule has 3 rings (SSSR count).